The van der Waals surface area contributed by atoms with Gasteiger partial charge in [-0.25, -0.2) is 13.4 Å². The van der Waals surface area contributed by atoms with E-state index in [1.165, 1.54) is 19.2 Å². The predicted molar refractivity (Wildman–Crippen MR) is 119 cm³/mol. The van der Waals surface area contributed by atoms with Gasteiger partial charge in [-0.3, -0.25) is 4.72 Å². The summed E-state index contributed by atoms with van der Waals surface area (Å²) in [5.74, 6) is 1.39. The minimum Gasteiger partial charge on any atom is -0.495 e. The number of aromatic nitrogens is 2. The SMILES string of the molecule is CCNc1nc(C)cc(Nc2ccc(NS(=O)(=O)c3cc(Cl)ccc3OC)cc2)n1. The molecule has 10 heteroatoms. The van der Waals surface area contributed by atoms with Crippen LogP contribution in [-0.2, 0) is 10.0 Å². The Morgan fingerprint density at radius 2 is 1.73 bits per heavy atom. The highest BCUT2D eigenvalue weighted by Crippen LogP contribution is 2.29. The Bertz CT molecular complexity index is 1140. The van der Waals surface area contributed by atoms with Gasteiger partial charge in [0.05, 0.1) is 7.11 Å². The van der Waals surface area contributed by atoms with E-state index >= 15 is 0 Å². The van der Waals surface area contributed by atoms with E-state index in [4.69, 9.17) is 16.3 Å². The second-order valence-electron chi connectivity index (χ2n) is 6.35. The van der Waals surface area contributed by atoms with E-state index in [-0.39, 0.29) is 10.6 Å². The van der Waals surface area contributed by atoms with Gasteiger partial charge in [-0.15, -0.1) is 0 Å². The fourth-order valence-electron chi connectivity index (χ4n) is 2.71. The molecule has 158 valence electrons. The van der Waals surface area contributed by atoms with Crippen molar-refractivity contribution >= 4 is 44.8 Å². The molecule has 0 bridgehead atoms. The van der Waals surface area contributed by atoms with E-state index < -0.39 is 10.0 Å². The molecule has 0 atom stereocenters. The van der Waals surface area contributed by atoms with Gasteiger partial charge in [0.2, 0.25) is 5.95 Å². The summed E-state index contributed by atoms with van der Waals surface area (Å²) < 4.78 is 33.2. The molecule has 0 fully saturated rings. The van der Waals surface area contributed by atoms with Crippen LogP contribution in [0.15, 0.2) is 53.4 Å². The summed E-state index contributed by atoms with van der Waals surface area (Å²) >= 11 is 5.95. The molecular formula is C20H22ClN5O3S. The summed E-state index contributed by atoms with van der Waals surface area (Å²) in [4.78, 5) is 8.67. The maximum absolute atomic E-state index is 12.8. The monoisotopic (exact) mass is 447 g/mol. The maximum atomic E-state index is 12.8. The molecule has 3 N–H and O–H groups in total. The molecular weight excluding hydrogens is 426 g/mol. The van der Waals surface area contributed by atoms with Gasteiger partial charge < -0.3 is 15.4 Å². The van der Waals surface area contributed by atoms with E-state index in [9.17, 15) is 8.42 Å². The van der Waals surface area contributed by atoms with Crippen LogP contribution in [0.25, 0.3) is 0 Å². The van der Waals surface area contributed by atoms with Crippen molar-refractivity contribution in [1.29, 1.82) is 0 Å². The summed E-state index contributed by atoms with van der Waals surface area (Å²) in [7, 11) is -2.47. The number of ether oxygens (including phenoxy) is 1. The van der Waals surface area contributed by atoms with Gasteiger partial charge in [-0.2, -0.15) is 4.98 Å². The van der Waals surface area contributed by atoms with Crippen LogP contribution in [0.1, 0.15) is 12.6 Å². The van der Waals surface area contributed by atoms with Crippen LogP contribution in [0.3, 0.4) is 0 Å². The lowest BCUT2D eigenvalue weighted by atomic mass is 10.3. The van der Waals surface area contributed by atoms with Crippen LogP contribution in [0.5, 0.6) is 5.75 Å². The van der Waals surface area contributed by atoms with E-state index in [0.717, 1.165) is 17.9 Å². The van der Waals surface area contributed by atoms with Crippen LogP contribution >= 0.6 is 11.6 Å². The number of hydrogen-bond donors (Lipinski definition) is 3. The molecule has 0 amide bonds. The van der Waals surface area contributed by atoms with Crippen molar-refractivity contribution in [2.45, 2.75) is 18.7 Å². The van der Waals surface area contributed by atoms with Crippen molar-refractivity contribution in [1.82, 2.24) is 9.97 Å². The minimum atomic E-state index is -3.88. The molecule has 0 aliphatic rings. The third-order valence-corrected chi connectivity index (χ3v) is 5.65. The number of sulfonamides is 1. The zero-order valence-corrected chi connectivity index (χ0v) is 18.3. The van der Waals surface area contributed by atoms with Gasteiger partial charge >= 0.3 is 0 Å². The first-order chi connectivity index (χ1) is 14.3. The summed E-state index contributed by atoms with van der Waals surface area (Å²) in [6, 6.07) is 13.0. The highest BCUT2D eigenvalue weighted by atomic mass is 35.5. The first-order valence-corrected chi connectivity index (χ1v) is 11.0. The number of anilines is 4. The van der Waals surface area contributed by atoms with E-state index in [1.807, 2.05) is 19.9 Å². The topological polar surface area (TPSA) is 105 Å². The molecule has 0 radical (unpaired) electrons. The molecule has 0 aliphatic heterocycles. The number of benzene rings is 2. The first kappa shape index (κ1) is 21.7. The highest BCUT2D eigenvalue weighted by molar-refractivity contribution is 7.92. The van der Waals surface area contributed by atoms with E-state index in [2.05, 4.69) is 25.3 Å². The van der Waals surface area contributed by atoms with Gasteiger partial charge in [-0.05, 0) is 56.3 Å². The largest absolute Gasteiger partial charge is 0.495 e. The summed E-state index contributed by atoms with van der Waals surface area (Å²) in [5, 5.41) is 6.56. The molecule has 0 unspecified atom stereocenters. The van der Waals surface area contributed by atoms with Crippen molar-refractivity contribution in [3.8, 4) is 5.75 Å². The van der Waals surface area contributed by atoms with Crippen LogP contribution in [0, 0.1) is 6.92 Å². The number of nitrogens with zero attached hydrogens (tertiary/aromatic N) is 2. The molecule has 1 heterocycles. The molecule has 3 rings (SSSR count). The molecule has 8 nitrogen and oxygen atoms in total. The average molecular weight is 448 g/mol. The van der Waals surface area contributed by atoms with Crippen molar-refractivity contribution in [3.05, 3.63) is 59.2 Å². The fourth-order valence-corrected chi connectivity index (χ4v) is 4.20. The highest BCUT2D eigenvalue weighted by Gasteiger charge is 2.20. The van der Waals surface area contributed by atoms with Gasteiger partial charge in [0.1, 0.15) is 16.5 Å². The number of halogens is 1. The molecule has 30 heavy (non-hydrogen) atoms. The third-order valence-electron chi connectivity index (χ3n) is 4.01. The number of rotatable bonds is 8. The van der Waals surface area contributed by atoms with Gasteiger partial charge in [0.25, 0.3) is 10.0 Å². The third kappa shape index (κ3) is 5.31. The second kappa shape index (κ2) is 9.19. The second-order valence-corrected chi connectivity index (χ2v) is 8.44. The molecule has 0 saturated heterocycles. The molecule has 2 aromatic carbocycles. The van der Waals surface area contributed by atoms with Crippen molar-refractivity contribution < 1.29 is 13.2 Å². The van der Waals surface area contributed by atoms with Crippen LogP contribution in [-0.4, -0.2) is 32.0 Å². The van der Waals surface area contributed by atoms with Gasteiger partial charge in [-0.1, -0.05) is 11.6 Å². The Kier molecular flexibility index (Phi) is 6.63. The van der Waals surface area contributed by atoms with Crippen LogP contribution < -0.4 is 20.1 Å². The van der Waals surface area contributed by atoms with E-state index in [0.29, 0.717) is 22.5 Å². The standard InChI is InChI=1S/C20H22ClN5O3S/c1-4-22-20-23-13(2)11-19(25-20)24-15-6-8-16(9-7-15)26-30(27,28)18-12-14(21)5-10-17(18)29-3/h5-12,26H,4H2,1-3H3,(H2,22,23,24,25). The Morgan fingerprint density at radius 3 is 2.40 bits per heavy atom. The Morgan fingerprint density at radius 1 is 1.03 bits per heavy atom. The van der Waals surface area contributed by atoms with E-state index in [1.54, 1.807) is 30.3 Å². The zero-order valence-electron chi connectivity index (χ0n) is 16.7. The minimum absolute atomic E-state index is 0.0351. The number of methoxy groups -OCH3 is 1. The average Bonchev–Trinajstić information content (AvgIpc) is 2.69. The lowest BCUT2D eigenvalue weighted by Gasteiger charge is -2.13. The molecule has 3 aromatic rings. The lowest BCUT2D eigenvalue weighted by molar-refractivity contribution is 0.403. The Balaban J connectivity index is 1.77. The first-order valence-electron chi connectivity index (χ1n) is 9.13. The van der Waals surface area contributed by atoms with Crippen molar-refractivity contribution in [2.24, 2.45) is 0 Å². The number of aryl methyl sites for hydroxylation is 1. The zero-order chi connectivity index (χ0) is 21.7. The summed E-state index contributed by atoms with van der Waals surface area (Å²) in [5.41, 5.74) is 1.97. The normalized spacial score (nSPS) is 11.1. The number of nitrogens with one attached hydrogen (secondary N) is 3. The lowest BCUT2D eigenvalue weighted by Crippen LogP contribution is -2.14. The van der Waals surface area contributed by atoms with Crippen molar-refractivity contribution in [2.75, 3.05) is 29.0 Å². The fraction of sp³-hybridized carbons (Fsp3) is 0.200. The Labute approximate surface area is 180 Å². The number of hydrogen-bond acceptors (Lipinski definition) is 7. The summed E-state index contributed by atoms with van der Waals surface area (Å²) in [6.07, 6.45) is 0. The predicted octanol–water partition coefficient (Wildman–Crippen LogP) is 4.42. The van der Waals surface area contributed by atoms with Crippen LogP contribution in [0.4, 0.5) is 23.1 Å². The van der Waals surface area contributed by atoms with Gasteiger partial charge in [0, 0.05) is 34.7 Å². The van der Waals surface area contributed by atoms with Crippen molar-refractivity contribution in [3.63, 3.8) is 0 Å². The van der Waals surface area contributed by atoms with Gasteiger partial charge in [0.15, 0.2) is 0 Å². The molecule has 0 aliphatic carbocycles. The Hall–Kier alpha value is -3.04. The molecule has 1 aromatic heterocycles. The maximum Gasteiger partial charge on any atom is 0.265 e. The van der Waals surface area contributed by atoms with Crippen LogP contribution in [0.2, 0.25) is 5.02 Å². The quantitative estimate of drug-likeness (QED) is 0.469. The smallest absolute Gasteiger partial charge is 0.265 e. The molecule has 0 saturated carbocycles. The summed E-state index contributed by atoms with van der Waals surface area (Å²) in [6.45, 7) is 4.57. The molecule has 0 spiro atoms.